The summed E-state index contributed by atoms with van der Waals surface area (Å²) in [7, 11) is 1.63. The van der Waals surface area contributed by atoms with Gasteiger partial charge in [-0.15, -0.1) is 11.8 Å². The zero-order valence-electron chi connectivity index (χ0n) is 12.2. The molecule has 0 radical (unpaired) electrons. The summed E-state index contributed by atoms with van der Waals surface area (Å²) in [6, 6.07) is 16.6. The van der Waals surface area contributed by atoms with Crippen LogP contribution in [-0.2, 0) is 0 Å². The van der Waals surface area contributed by atoms with Gasteiger partial charge in [-0.3, -0.25) is 0 Å². The van der Waals surface area contributed by atoms with E-state index in [1.807, 2.05) is 30.3 Å². The lowest BCUT2D eigenvalue weighted by Crippen LogP contribution is -2.20. The third-order valence-electron chi connectivity index (χ3n) is 2.93. The molecule has 0 aromatic heterocycles. The van der Waals surface area contributed by atoms with Crippen LogP contribution in [0.4, 0.5) is 0 Å². The third kappa shape index (κ3) is 4.69. The van der Waals surface area contributed by atoms with E-state index in [9.17, 15) is 5.11 Å². The number of rotatable bonds is 7. The van der Waals surface area contributed by atoms with E-state index in [0.717, 1.165) is 10.6 Å². The number of hydrogen-bond donors (Lipinski definition) is 1. The third-order valence-corrected chi connectivity index (χ3v) is 4.13. The maximum atomic E-state index is 10.00. The van der Waals surface area contributed by atoms with Crippen LogP contribution in [0.15, 0.2) is 53.4 Å². The first-order valence-corrected chi connectivity index (χ1v) is 7.78. The van der Waals surface area contributed by atoms with E-state index >= 15 is 0 Å². The SMILES string of the molecule is COc1ccccc1SCC(O)COc1ccc(C#N)cc1. The summed E-state index contributed by atoms with van der Waals surface area (Å²) in [6.07, 6.45) is -0.592. The maximum absolute atomic E-state index is 10.00. The molecule has 1 unspecified atom stereocenters. The van der Waals surface area contributed by atoms with Gasteiger partial charge in [-0.2, -0.15) is 5.26 Å². The molecule has 2 aromatic rings. The molecule has 0 saturated carbocycles. The molecule has 1 N–H and O–H groups in total. The van der Waals surface area contributed by atoms with Gasteiger partial charge in [0, 0.05) is 10.6 Å². The molecule has 2 aromatic carbocycles. The Bertz CT molecular complexity index is 637. The van der Waals surface area contributed by atoms with Crippen molar-refractivity contribution < 1.29 is 14.6 Å². The van der Waals surface area contributed by atoms with Gasteiger partial charge in [0.2, 0.25) is 0 Å². The highest BCUT2D eigenvalue weighted by Crippen LogP contribution is 2.29. The minimum absolute atomic E-state index is 0.202. The van der Waals surface area contributed by atoms with Crippen molar-refractivity contribution in [1.82, 2.24) is 0 Å². The van der Waals surface area contributed by atoms with E-state index in [4.69, 9.17) is 14.7 Å². The van der Waals surface area contributed by atoms with Gasteiger partial charge in [0.1, 0.15) is 18.1 Å². The van der Waals surface area contributed by atoms with E-state index in [1.54, 1.807) is 31.4 Å². The van der Waals surface area contributed by atoms with Crippen molar-refractivity contribution in [2.75, 3.05) is 19.5 Å². The number of thioether (sulfide) groups is 1. The van der Waals surface area contributed by atoms with Crippen LogP contribution < -0.4 is 9.47 Å². The fraction of sp³-hybridized carbons (Fsp3) is 0.235. The van der Waals surface area contributed by atoms with Crippen LogP contribution in [0.25, 0.3) is 0 Å². The summed E-state index contributed by atoms with van der Waals surface area (Å²) in [5.41, 5.74) is 0.583. The summed E-state index contributed by atoms with van der Waals surface area (Å²) in [5.74, 6) is 1.95. The number of aliphatic hydroxyl groups excluding tert-OH is 1. The van der Waals surface area contributed by atoms with Crippen molar-refractivity contribution in [1.29, 1.82) is 5.26 Å². The average Bonchev–Trinajstić information content (AvgIpc) is 2.58. The zero-order chi connectivity index (χ0) is 15.8. The van der Waals surface area contributed by atoms with Gasteiger partial charge in [-0.1, -0.05) is 12.1 Å². The van der Waals surface area contributed by atoms with Gasteiger partial charge in [0.05, 0.1) is 24.8 Å². The Hall–Kier alpha value is -2.16. The molecular weight excluding hydrogens is 298 g/mol. The molecule has 4 nitrogen and oxygen atoms in total. The molecule has 0 spiro atoms. The molecule has 114 valence electrons. The number of methoxy groups -OCH3 is 1. The molecule has 0 bridgehead atoms. The lowest BCUT2D eigenvalue weighted by atomic mass is 10.2. The summed E-state index contributed by atoms with van der Waals surface area (Å²) in [4.78, 5) is 0.988. The first kappa shape index (κ1) is 16.2. The first-order chi connectivity index (χ1) is 10.7. The molecule has 0 fully saturated rings. The summed E-state index contributed by atoms with van der Waals surface area (Å²) in [5, 5.41) is 18.7. The van der Waals surface area contributed by atoms with Crippen LogP contribution in [0.1, 0.15) is 5.56 Å². The molecule has 5 heteroatoms. The van der Waals surface area contributed by atoms with Crippen LogP contribution in [-0.4, -0.2) is 30.7 Å². The highest BCUT2D eigenvalue weighted by Gasteiger charge is 2.09. The first-order valence-electron chi connectivity index (χ1n) is 6.79. The lowest BCUT2D eigenvalue weighted by Gasteiger charge is -2.13. The average molecular weight is 315 g/mol. The van der Waals surface area contributed by atoms with Gasteiger partial charge in [0.25, 0.3) is 0 Å². The van der Waals surface area contributed by atoms with Crippen molar-refractivity contribution in [2.45, 2.75) is 11.0 Å². The highest BCUT2D eigenvalue weighted by atomic mass is 32.2. The number of hydrogen-bond acceptors (Lipinski definition) is 5. The van der Waals surface area contributed by atoms with Gasteiger partial charge >= 0.3 is 0 Å². The fourth-order valence-electron chi connectivity index (χ4n) is 1.79. The monoisotopic (exact) mass is 315 g/mol. The fourth-order valence-corrected chi connectivity index (χ4v) is 2.73. The molecule has 22 heavy (non-hydrogen) atoms. The standard InChI is InChI=1S/C17H17NO3S/c1-20-16-4-2-3-5-17(16)22-12-14(19)11-21-15-8-6-13(10-18)7-9-15/h2-9,14,19H,11-12H2,1H3. The van der Waals surface area contributed by atoms with Crippen molar-refractivity contribution in [3.8, 4) is 17.6 Å². The predicted molar refractivity (Wildman–Crippen MR) is 86.4 cm³/mol. The summed E-state index contributed by atoms with van der Waals surface area (Å²) < 4.78 is 10.8. The van der Waals surface area contributed by atoms with Crippen LogP contribution in [0, 0.1) is 11.3 Å². The van der Waals surface area contributed by atoms with Crippen LogP contribution in [0.2, 0.25) is 0 Å². The Morgan fingerprint density at radius 2 is 1.91 bits per heavy atom. The Morgan fingerprint density at radius 1 is 1.18 bits per heavy atom. The van der Waals surface area contributed by atoms with Gasteiger partial charge in [0.15, 0.2) is 0 Å². The highest BCUT2D eigenvalue weighted by molar-refractivity contribution is 7.99. The molecular formula is C17H17NO3S. The number of benzene rings is 2. The Balaban J connectivity index is 1.80. The minimum Gasteiger partial charge on any atom is -0.496 e. The van der Waals surface area contributed by atoms with Crippen molar-refractivity contribution in [3.05, 3.63) is 54.1 Å². The van der Waals surface area contributed by atoms with Crippen molar-refractivity contribution >= 4 is 11.8 Å². The van der Waals surface area contributed by atoms with E-state index in [1.165, 1.54) is 11.8 Å². The Labute approximate surface area is 134 Å². The maximum Gasteiger partial charge on any atom is 0.132 e. The molecule has 0 saturated heterocycles. The number of aliphatic hydroxyl groups is 1. The second kappa shape index (κ2) is 8.32. The molecule has 0 amide bonds. The normalized spacial score (nSPS) is 11.5. The van der Waals surface area contributed by atoms with Gasteiger partial charge in [-0.05, 0) is 36.4 Å². The second-order valence-corrected chi connectivity index (χ2v) is 5.62. The van der Waals surface area contributed by atoms with Crippen LogP contribution in [0.5, 0.6) is 11.5 Å². The molecule has 0 aliphatic heterocycles. The summed E-state index contributed by atoms with van der Waals surface area (Å²) in [6.45, 7) is 0.202. The molecule has 0 aliphatic carbocycles. The zero-order valence-corrected chi connectivity index (χ0v) is 13.0. The molecule has 0 aliphatic rings. The van der Waals surface area contributed by atoms with E-state index in [2.05, 4.69) is 0 Å². The number of para-hydroxylation sites is 1. The number of ether oxygens (including phenoxy) is 2. The van der Waals surface area contributed by atoms with E-state index in [-0.39, 0.29) is 6.61 Å². The summed E-state index contributed by atoms with van der Waals surface area (Å²) >= 11 is 1.52. The van der Waals surface area contributed by atoms with Crippen molar-refractivity contribution in [3.63, 3.8) is 0 Å². The Kier molecular flexibility index (Phi) is 6.13. The van der Waals surface area contributed by atoms with E-state index < -0.39 is 6.10 Å². The largest absolute Gasteiger partial charge is 0.496 e. The minimum atomic E-state index is -0.592. The van der Waals surface area contributed by atoms with Gasteiger partial charge in [-0.25, -0.2) is 0 Å². The molecule has 2 rings (SSSR count). The smallest absolute Gasteiger partial charge is 0.132 e. The number of nitrogens with zero attached hydrogens (tertiary/aromatic N) is 1. The Morgan fingerprint density at radius 3 is 2.59 bits per heavy atom. The van der Waals surface area contributed by atoms with Crippen LogP contribution in [0.3, 0.4) is 0 Å². The number of nitriles is 1. The van der Waals surface area contributed by atoms with E-state index in [0.29, 0.717) is 17.1 Å². The molecule has 1 atom stereocenters. The second-order valence-electron chi connectivity index (χ2n) is 4.56. The quantitative estimate of drug-likeness (QED) is 0.796. The molecule has 0 heterocycles. The predicted octanol–water partition coefficient (Wildman–Crippen LogP) is 3.10. The lowest BCUT2D eigenvalue weighted by molar-refractivity contribution is 0.126. The van der Waals surface area contributed by atoms with Crippen molar-refractivity contribution in [2.24, 2.45) is 0 Å². The topological polar surface area (TPSA) is 62.5 Å². The van der Waals surface area contributed by atoms with Crippen LogP contribution >= 0.6 is 11.8 Å². The van der Waals surface area contributed by atoms with Gasteiger partial charge < -0.3 is 14.6 Å².